The molecule has 112 valence electrons. The highest BCUT2D eigenvalue weighted by atomic mass is 79.9. The molecule has 1 aliphatic heterocycles. The molecule has 2 rings (SSSR count). The second-order valence-electron chi connectivity index (χ2n) is 4.76. The van der Waals surface area contributed by atoms with E-state index in [-0.39, 0.29) is 4.47 Å². The quantitative estimate of drug-likeness (QED) is 0.889. The predicted molar refractivity (Wildman–Crippen MR) is 71.6 cm³/mol. The molecule has 1 unspecified atom stereocenters. The summed E-state index contributed by atoms with van der Waals surface area (Å²) in [6, 6.07) is 0. The lowest BCUT2D eigenvalue weighted by Crippen LogP contribution is -2.33. The van der Waals surface area contributed by atoms with Crippen LogP contribution in [0, 0.1) is 5.92 Å². The highest BCUT2D eigenvalue weighted by Gasteiger charge is 2.30. The van der Waals surface area contributed by atoms with Crippen molar-refractivity contribution in [1.82, 2.24) is 9.78 Å². The van der Waals surface area contributed by atoms with Gasteiger partial charge < -0.3 is 10.6 Å². The smallest absolute Gasteiger partial charge is 0.369 e. The molecule has 1 aromatic heterocycles. The zero-order valence-corrected chi connectivity index (χ0v) is 12.1. The van der Waals surface area contributed by atoms with Gasteiger partial charge in [0.25, 0.3) is 5.56 Å². The number of alkyl halides is 3. The van der Waals surface area contributed by atoms with Gasteiger partial charge in [0.15, 0.2) is 0 Å². The first-order valence-electron chi connectivity index (χ1n) is 6.09. The van der Waals surface area contributed by atoms with Gasteiger partial charge in [-0.1, -0.05) is 0 Å². The van der Waals surface area contributed by atoms with Crippen LogP contribution in [-0.2, 0) is 6.54 Å². The standard InChI is InChI=1S/C11H14BrF3N4O/c12-9-8(18-2-1-7(3-16)5-18)4-17-19(10(9)20)6-11(13,14)15/h4,7H,1-3,5-6,16H2. The Labute approximate surface area is 121 Å². The number of aromatic nitrogens is 2. The molecule has 0 radical (unpaired) electrons. The van der Waals surface area contributed by atoms with Gasteiger partial charge in [-0.25, -0.2) is 4.68 Å². The minimum Gasteiger partial charge on any atom is -0.369 e. The second-order valence-corrected chi connectivity index (χ2v) is 5.55. The van der Waals surface area contributed by atoms with Gasteiger partial charge in [-0.3, -0.25) is 4.79 Å². The normalized spacial score (nSPS) is 19.6. The number of anilines is 1. The van der Waals surface area contributed by atoms with Crippen LogP contribution in [0.15, 0.2) is 15.5 Å². The number of rotatable bonds is 3. The van der Waals surface area contributed by atoms with E-state index in [1.165, 1.54) is 6.20 Å². The van der Waals surface area contributed by atoms with E-state index in [1.807, 2.05) is 4.90 Å². The second kappa shape index (κ2) is 5.72. The van der Waals surface area contributed by atoms with Crippen molar-refractivity contribution >= 4 is 21.6 Å². The molecule has 0 spiro atoms. The largest absolute Gasteiger partial charge is 0.408 e. The van der Waals surface area contributed by atoms with Crippen molar-refractivity contribution in [2.45, 2.75) is 19.1 Å². The fraction of sp³-hybridized carbons (Fsp3) is 0.636. The fourth-order valence-corrected chi connectivity index (χ4v) is 2.76. The van der Waals surface area contributed by atoms with Gasteiger partial charge in [0, 0.05) is 13.1 Å². The van der Waals surface area contributed by atoms with E-state index in [0.717, 1.165) is 6.42 Å². The summed E-state index contributed by atoms with van der Waals surface area (Å²) in [5, 5.41) is 3.60. The summed E-state index contributed by atoms with van der Waals surface area (Å²) in [5.74, 6) is 0.333. The van der Waals surface area contributed by atoms with Crippen molar-refractivity contribution < 1.29 is 13.2 Å². The Morgan fingerprint density at radius 2 is 2.20 bits per heavy atom. The minimum absolute atomic E-state index is 0.106. The Bertz CT molecular complexity index is 545. The molecule has 1 saturated heterocycles. The maximum Gasteiger partial charge on any atom is 0.408 e. The molecule has 1 aliphatic rings. The number of nitrogens with zero attached hydrogens (tertiary/aromatic N) is 3. The molecule has 0 amide bonds. The minimum atomic E-state index is -4.48. The van der Waals surface area contributed by atoms with Crippen molar-refractivity contribution in [3.05, 3.63) is 21.0 Å². The Kier molecular flexibility index (Phi) is 4.38. The van der Waals surface area contributed by atoms with Gasteiger partial charge in [-0.2, -0.15) is 18.3 Å². The Morgan fingerprint density at radius 3 is 2.75 bits per heavy atom. The lowest BCUT2D eigenvalue weighted by Gasteiger charge is -2.20. The predicted octanol–water partition coefficient (Wildman–Crippen LogP) is 1.35. The zero-order valence-electron chi connectivity index (χ0n) is 10.5. The average Bonchev–Trinajstić information content (AvgIpc) is 2.82. The van der Waals surface area contributed by atoms with Crippen LogP contribution in [0.3, 0.4) is 0 Å². The summed E-state index contributed by atoms with van der Waals surface area (Å²) in [4.78, 5) is 13.8. The third-order valence-corrected chi connectivity index (χ3v) is 4.00. The van der Waals surface area contributed by atoms with E-state index in [4.69, 9.17) is 5.73 Å². The van der Waals surface area contributed by atoms with E-state index < -0.39 is 18.3 Å². The molecule has 2 N–H and O–H groups in total. The third-order valence-electron chi connectivity index (χ3n) is 3.26. The lowest BCUT2D eigenvalue weighted by atomic mass is 10.1. The van der Waals surface area contributed by atoms with Crippen molar-refractivity contribution in [3.63, 3.8) is 0 Å². The maximum atomic E-state index is 12.3. The molecule has 0 aliphatic carbocycles. The number of hydrogen-bond donors (Lipinski definition) is 1. The highest BCUT2D eigenvalue weighted by Crippen LogP contribution is 2.27. The molecule has 0 bridgehead atoms. The summed E-state index contributed by atoms with van der Waals surface area (Å²) in [7, 11) is 0. The van der Waals surface area contributed by atoms with Crippen LogP contribution in [0.5, 0.6) is 0 Å². The Hall–Kier alpha value is -1.09. The molecular formula is C11H14BrF3N4O. The molecule has 0 aromatic carbocycles. The first-order chi connectivity index (χ1) is 9.31. The average molecular weight is 355 g/mol. The number of hydrogen-bond acceptors (Lipinski definition) is 4. The Morgan fingerprint density at radius 1 is 1.50 bits per heavy atom. The van der Waals surface area contributed by atoms with E-state index in [9.17, 15) is 18.0 Å². The SMILES string of the molecule is NCC1CCN(c2cnn(CC(F)(F)F)c(=O)c2Br)C1. The molecule has 9 heteroatoms. The molecule has 1 aromatic rings. The topological polar surface area (TPSA) is 64.2 Å². The van der Waals surface area contributed by atoms with E-state index in [1.54, 1.807) is 0 Å². The molecule has 2 heterocycles. The molecule has 5 nitrogen and oxygen atoms in total. The number of halogens is 4. The first kappa shape index (κ1) is 15.3. The van der Waals surface area contributed by atoms with Gasteiger partial charge in [-0.15, -0.1) is 0 Å². The summed E-state index contributed by atoms with van der Waals surface area (Å²) in [6.45, 7) is 0.549. The van der Waals surface area contributed by atoms with Crippen LogP contribution in [0.2, 0.25) is 0 Å². The third kappa shape index (κ3) is 3.32. The van der Waals surface area contributed by atoms with Gasteiger partial charge in [0.05, 0.1) is 11.9 Å². The maximum absolute atomic E-state index is 12.3. The molecular weight excluding hydrogens is 341 g/mol. The first-order valence-corrected chi connectivity index (χ1v) is 6.88. The molecule has 0 saturated carbocycles. The summed E-state index contributed by atoms with van der Waals surface area (Å²) in [5.41, 5.74) is 5.33. The fourth-order valence-electron chi connectivity index (χ4n) is 2.20. The van der Waals surface area contributed by atoms with E-state index in [0.29, 0.717) is 35.9 Å². The zero-order chi connectivity index (χ0) is 14.9. The van der Waals surface area contributed by atoms with Crippen LogP contribution in [0.1, 0.15) is 6.42 Å². The van der Waals surface area contributed by atoms with Crippen molar-refractivity contribution in [2.75, 3.05) is 24.5 Å². The van der Waals surface area contributed by atoms with Crippen LogP contribution in [-0.4, -0.2) is 35.6 Å². The van der Waals surface area contributed by atoms with Crippen LogP contribution in [0.25, 0.3) is 0 Å². The summed E-state index contributed by atoms with van der Waals surface area (Å²) < 4.78 is 37.4. The molecule has 1 atom stereocenters. The van der Waals surface area contributed by atoms with E-state index >= 15 is 0 Å². The lowest BCUT2D eigenvalue weighted by molar-refractivity contribution is -0.143. The van der Waals surface area contributed by atoms with Crippen molar-refractivity contribution in [1.29, 1.82) is 0 Å². The summed E-state index contributed by atoms with van der Waals surface area (Å²) in [6.07, 6.45) is -2.29. The van der Waals surface area contributed by atoms with Gasteiger partial charge in [0.1, 0.15) is 11.0 Å². The van der Waals surface area contributed by atoms with Crippen LogP contribution < -0.4 is 16.2 Å². The van der Waals surface area contributed by atoms with Crippen LogP contribution in [0.4, 0.5) is 18.9 Å². The van der Waals surface area contributed by atoms with Crippen molar-refractivity contribution in [2.24, 2.45) is 11.7 Å². The molecule has 1 fully saturated rings. The van der Waals surface area contributed by atoms with Crippen LogP contribution >= 0.6 is 15.9 Å². The molecule has 20 heavy (non-hydrogen) atoms. The number of nitrogens with two attached hydrogens (primary N) is 1. The monoisotopic (exact) mass is 354 g/mol. The summed E-state index contributed by atoms with van der Waals surface area (Å²) >= 11 is 3.08. The highest BCUT2D eigenvalue weighted by molar-refractivity contribution is 9.10. The van der Waals surface area contributed by atoms with Gasteiger partial charge in [-0.05, 0) is 34.8 Å². The Balaban J connectivity index is 2.26. The van der Waals surface area contributed by atoms with Crippen molar-refractivity contribution in [3.8, 4) is 0 Å². The van der Waals surface area contributed by atoms with Gasteiger partial charge >= 0.3 is 6.18 Å². The van der Waals surface area contributed by atoms with Gasteiger partial charge in [0.2, 0.25) is 0 Å². The van der Waals surface area contributed by atoms with E-state index in [2.05, 4.69) is 21.0 Å².